The zero-order valence-electron chi connectivity index (χ0n) is 16.5. The number of hydrogen-bond acceptors (Lipinski definition) is 9. The second-order valence-corrected chi connectivity index (χ2v) is 7.70. The van der Waals surface area contributed by atoms with Crippen molar-refractivity contribution >= 4 is 28.2 Å². The van der Waals surface area contributed by atoms with Crippen LogP contribution in [-0.2, 0) is 17.8 Å². The van der Waals surface area contributed by atoms with Crippen molar-refractivity contribution in [2.45, 2.75) is 19.1 Å². The Morgan fingerprint density at radius 2 is 2.00 bits per heavy atom. The van der Waals surface area contributed by atoms with Gasteiger partial charge < -0.3 is 19.5 Å². The third-order valence-corrected chi connectivity index (χ3v) is 5.71. The molecule has 0 unspecified atom stereocenters. The first-order valence-electron chi connectivity index (χ1n) is 9.32. The molecule has 1 atom stereocenters. The molecule has 1 aliphatic rings. The molecule has 0 spiro atoms. The number of ether oxygens (including phenoxy) is 2. The second kappa shape index (κ2) is 8.64. The smallest absolute Gasteiger partial charge is 0.321 e. The molecule has 0 bridgehead atoms. The number of fused-ring (bicyclic) bond motifs is 1. The number of amides is 1. The fraction of sp³-hybridized carbons (Fsp3) is 0.300. The molecular weight excluding hydrogens is 406 g/mol. The summed E-state index contributed by atoms with van der Waals surface area (Å²) in [5, 5.41) is 13.5. The van der Waals surface area contributed by atoms with Crippen LogP contribution in [0.2, 0.25) is 0 Å². The Morgan fingerprint density at radius 1 is 1.20 bits per heavy atom. The van der Waals surface area contributed by atoms with E-state index in [1.807, 2.05) is 6.07 Å². The third kappa shape index (κ3) is 4.19. The molecule has 3 aromatic rings. The first-order valence-corrected chi connectivity index (χ1v) is 10.1. The number of carbonyl (C=O) groups excluding carboxylic acids is 1. The van der Waals surface area contributed by atoms with E-state index in [0.717, 1.165) is 10.6 Å². The van der Waals surface area contributed by atoms with Crippen LogP contribution in [0.25, 0.3) is 0 Å². The van der Waals surface area contributed by atoms with Gasteiger partial charge in [-0.15, -0.1) is 0 Å². The van der Waals surface area contributed by atoms with Crippen molar-refractivity contribution in [1.29, 1.82) is 0 Å². The highest BCUT2D eigenvalue weighted by molar-refractivity contribution is 7.15. The van der Waals surface area contributed by atoms with Gasteiger partial charge in [-0.05, 0) is 5.56 Å². The lowest BCUT2D eigenvalue weighted by Crippen LogP contribution is -2.30. The summed E-state index contributed by atoms with van der Waals surface area (Å²) >= 11 is 1.39. The van der Waals surface area contributed by atoms with Crippen molar-refractivity contribution < 1.29 is 19.4 Å². The summed E-state index contributed by atoms with van der Waals surface area (Å²) in [5.41, 5.74) is 1.47. The third-order valence-electron chi connectivity index (χ3n) is 4.71. The van der Waals surface area contributed by atoms with Crippen molar-refractivity contribution in [3.63, 3.8) is 0 Å². The highest BCUT2D eigenvalue weighted by Crippen LogP contribution is 2.32. The largest absolute Gasteiger partial charge is 0.481 e. The normalized spacial score (nSPS) is 14.0. The molecule has 3 heterocycles. The van der Waals surface area contributed by atoms with E-state index in [9.17, 15) is 9.90 Å². The number of nitrogens with zero attached hydrogens (tertiary/aromatic N) is 4. The molecule has 2 N–H and O–H groups in total. The molecule has 0 saturated carbocycles. The zero-order chi connectivity index (χ0) is 21.1. The van der Waals surface area contributed by atoms with Gasteiger partial charge in [0.25, 0.3) is 5.91 Å². The van der Waals surface area contributed by atoms with Crippen LogP contribution in [0.4, 0.5) is 10.9 Å². The molecule has 1 aliphatic heterocycles. The van der Waals surface area contributed by atoms with Crippen LogP contribution in [0.1, 0.15) is 22.2 Å². The molecule has 30 heavy (non-hydrogen) atoms. The molecule has 10 heteroatoms. The van der Waals surface area contributed by atoms with Crippen molar-refractivity contribution in [2.24, 2.45) is 0 Å². The summed E-state index contributed by atoms with van der Waals surface area (Å²) in [5.74, 6) is 0.618. The second-order valence-electron chi connectivity index (χ2n) is 6.62. The van der Waals surface area contributed by atoms with E-state index in [0.29, 0.717) is 41.9 Å². The monoisotopic (exact) mass is 427 g/mol. The Balaban J connectivity index is 1.48. The number of hydrogen-bond donors (Lipinski definition) is 2. The van der Waals surface area contributed by atoms with Gasteiger partial charge in [0.2, 0.25) is 5.88 Å². The van der Waals surface area contributed by atoms with Gasteiger partial charge in [-0.25, -0.2) is 4.98 Å². The van der Waals surface area contributed by atoms with Gasteiger partial charge in [0.05, 0.1) is 26.5 Å². The average molecular weight is 427 g/mol. The summed E-state index contributed by atoms with van der Waals surface area (Å²) in [4.78, 5) is 28.6. The lowest BCUT2D eigenvalue weighted by Gasteiger charge is -2.27. The molecule has 156 valence electrons. The maximum atomic E-state index is 12.4. The first kappa shape index (κ1) is 20.0. The van der Waals surface area contributed by atoms with Crippen LogP contribution in [0.5, 0.6) is 11.9 Å². The Hall–Kier alpha value is -3.24. The minimum absolute atomic E-state index is 0.238. The summed E-state index contributed by atoms with van der Waals surface area (Å²) in [6.07, 6.45) is -0.540. The van der Waals surface area contributed by atoms with Gasteiger partial charge in [-0.3, -0.25) is 10.1 Å². The summed E-state index contributed by atoms with van der Waals surface area (Å²) in [6, 6.07) is 10.8. The van der Waals surface area contributed by atoms with E-state index >= 15 is 0 Å². The summed E-state index contributed by atoms with van der Waals surface area (Å²) in [7, 11) is 3.05. The molecule has 1 amide bonds. The van der Waals surface area contributed by atoms with E-state index < -0.39 is 12.0 Å². The van der Waals surface area contributed by atoms with Crippen LogP contribution in [0.15, 0.2) is 36.4 Å². The predicted molar refractivity (Wildman–Crippen MR) is 112 cm³/mol. The summed E-state index contributed by atoms with van der Waals surface area (Å²) < 4.78 is 10.4. The Labute approximate surface area is 177 Å². The molecule has 9 nitrogen and oxygen atoms in total. The molecule has 0 saturated heterocycles. The Kier molecular flexibility index (Phi) is 5.77. The molecule has 0 fully saturated rings. The van der Waals surface area contributed by atoms with Crippen LogP contribution >= 0.6 is 11.3 Å². The van der Waals surface area contributed by atoms with E-state index in [2.05, 4.69) is 25.2 Å². The van der Waals surface area contributed by atoms with E-state index in [1.54, 1.807) is 37.4 Å². The number of aliphatic hydroxyl groups excluding tert-OH is 1. The van der Waals surface area contributed by atoms with E-state index in [1.165, 1.54) is 18.4 Å². The molecular formula is C20H21N5O4S. The van der Waals surface area contributed by atoms with Gasteiger partial charge >= 0.3 is 6.01 Å². The maximum absolute atomic E-state index is 12.4. The van der Waals surface area contributed by atoms with E-state index in [4.69, 9.17) is 9.47 Å². The number of anilines is 2. The maximum Gasteiger partial charge on any atom is 0.321 e. The number of carbonyl (C=O) groups is 1. The number of aliphatic hydroxyl groups is 1. The number of aromatic nitrogens is 3. The molecule has 1 aromatic carbocycles. The van der Waals surface area contributed by atoms with Crippen molar-refractivity contribution in [1.82, 2.24) is 15.0 Å². The Morgan fingerprint density at radius 3 is 2.73 bits per heavy atom. The summed E-state index contributed by atoms with van der Waals surface area (Å²) in [6.45, 7) is 1.30. The minimum Gasteiger partial charge on any atom is -0.481 e. The number of benzene rings is 1. The Bertz CT molecular complexity index is 1020. The van der Waals surface area contributed by atoms with Crippen LogP contribution < -0.4 is 19.7 Å². The van der Waals surface area contributed by atoms with Gasteiger partial charge in [0, 0.05) is 23.9 Å². The molecule has 4 rings (SSSR count). The first-order chi connectivity index (χ1) is 14.6. The lowest BCUT2D eigenvalue weighted by atomic mass is 10.1. The number of thiazole rings is 1. The van der Waals surface area contributed by atoms with Gasteiger partial charge in [-0.1, -0.05) is 41.7 Å². The minimum atomic E-state index is -1.25. The molecule has 0 radical (unpaired) electrons. The van der Waals surface area contributed by atoms with Crippen molar-refractivity contribution in [3.05, 3.63) is 52.5 Å². The molecule has 2 aromatic heterocycles. The standard InChI is InChI=1S/C20H21N5O4S/c1-28-16-10-15(22-19(23-16)29-2)25-9-8-13-14(11-25)30-20(21-13)24-18(27)17(26)12-6-4-3-5-7-12/h3-7,10,17,26H,8-9,11H2,1-2H3,(H,21,24,27)/t17-/m0/s1. The van der Waals surface area contributed by atoms with Gasteiger partial charge in [-0.2, -0.15) is 9.97 Å². The predicted octanol–water partition coefficient (Wildman–Crippen LogP) is 2.19. The van der Waals surface area contributed by atoms with Crippen molar-refractivity contribution in [2.75, 3.05) is 31.0 Å². The number of nitrogens with one attached hydrogen (secondary N) is 1. The number of methoxy groups -OCH3 is 2. The fourth-order valence-electron chi connectivity index (χ4n) is 3.16. The molecule has 0 aliphatic carbocycles. The van der Waals surface area contributed by atoms with Crippen LogP contribution in [0, 0.1) is 0 Å². The topological polar surface area (TPSA) is 110 Å². The zero-order valence-corrected chi connectivity index (χ0v) is 17.3. The SMILES string of the molecule is COc1cc(N2CCc3nc(NC(=O)[C@@H](O)c4ccccc4)sc3C2)nc(OC)n1. The lowest BCUT2D eigenvalue weighted by molar-refractivity contribution is -0.124. The average Bonchev–Trinajstić information content (AvgIpc) is 3.20. The van der Waals surface area contributed by atoms with Crippen LogP contribution in [0.3, 0.4) is 0 Å². The highest BCUT2D eigenvalue weighted by atomic mass is 32.1. The quantitative estimate of drug-likeness (QED) is 0.616. The number of rotatable bonds is 6. The van der Waals surface area contributed by atoms with Gasteiger partial charge in [0.1, 0.15) is 5.82 Å². The van der Waals surface area contributed by atoms with E-state index in [-0.39, 0.29) is 6.01 Å². The van der Waals surface area contributed by atoms with Crippen molar-refractivity contribution in [3.8, 4) is 11.9 Å². The fourth-order valence-corrected chi connectivity index (χ4v) is 4.18. The van der Waals surface area contributed by atoms with Crippen LogP contribution in [-0.4, -0.2) is 46.7 Å². The highest BCUT2D eigenvalue weighted by Gasteiger charge is 2.25. The van der Waals surface area contributed by atoms with Gasteiger partial charge in [0.15, 0.2) is 11.2 Å².